The van der Waals surface area contributed by atoms with E-state index in [1.165, 1.54) is 0 Å². The molecule has 0 aliphatic carbocycles. The molecule has 0 aromatic carbocycles. The molecule has 1 amide bonds. The van der Waals surface area contributed by atoms with Crippen LogP contribution in [0.2, 0.25) is 0 Å². The summed E-state index contributed by atoms with van der Waals surface area (Å²) in [7, 11) is 1.89. The Morgan fingerprint density at radius 1 is 1.30 bits per heavy atom. The minimum atomic E-state index is 0.143. The quantitative estimate of drug-likeness (QED) is 0.703. The minimum Gasteiger partial charge on any atom is -0.342 e. The predicted octanol–water partition coefficient (Wildman–Crippen LogP) is 2.12. The van der Waals surface area contributed by atoms with Crippen molar-refractivity contribution >= 4 is 5.91 Å². The number of hydrogen-bond donors (Lipinski definition) is 0. The number of amides is 1. The van der Waals surface area contributed by atoms with Crippen LogP contribution in [-0.4, -0.2) is 48.8 Å². The molecule has 0 atom stereocenters. The van der Waals surface area contributed by atoms with E-state index in [0.29, 0.717) is 36.9 Å². The van der Waals surface area contributed by atoms with E-state index >= 15 is 0 Å². The summed E-state index contributed by atoms with van der Waals surface area (Å²) < 4.78 is 7.25. The lowest BCUT2D eigenvalue weighted by atomic mass is 9.96. The van der Waals surface area contributed by atoms with E-state index in [9.17, 15) is 4.79 Å². The van der Waals surface area contributed by atoms with E-state index < -0.39 is 0 Å². The van der Waals surface area contributed by atoms with Gasteiger partial charge in [-0.05, 0) is 31.9 Å². The number of rotatable bonds is 4. The van der Waals surface area contributed by atoms with Crippen molar-refractivity contribution in [2.24, 2.45) is 7.05 Å². The third kappa shape index (κ3) is 3.60. The average Bonchev–Trinajstić information content (AvgIpc) is 3.32. The van der Waals surface area contributed by atoms with Gasteiger partial charge in [-0.1, -0.05) is 11.2 Å². The van der Waals surface area contributed by atoms with Gasteiger partial charge in [-0.2, -0.15) is 10.1 Å². The number of likely N-dealkylation sites (tertiary alicyclic amines) is 1. The molecule has 0 bridgehead atoms. The molecule has 1 saturated heterocycles. The Hall–Kier alpha value is -3.03. The lowest BCUT2D eigenvalue weighted by Crippen LogP contribution is -2.38. The maximum atomic E-state index is 12.6. The first kappa shape index (κ1) is 17.4. The SMILES string of the molecule is Cc1c(CC(=O)N2CCC(c3nc(-c4ccccn4)no3)CC2)cnn1C. The molecule has 0 N–H and O–H groups in total. The van der Waals surface area contributed by atoms with Crippen molar-refractivity contribution in [3.05, 3.63) is 47.7 Å². The number of aryl methyl sites for hydroxylation is 1. The zero-order valence-electron chi connectivity index (χ0n) is 15.5. The summed E-state index contributed by atoms with van der Waals surface area (Å²) >= 11 is 0. The summed E-state index contributed by atoms with van der Waals surface area (Å²) in [5.41, 5.74) is 2.72. The average molecular weight is 366 g/mol. The monoisotopic (exact) mass is 366 g/mol. The van der Waals surface area contributed by atoms with Crippen LogP contribution in [0, 0.1) is 6.92 Å². The minimum absolute atomic E-state index is 0.143. The molecule has 27 heavy (non-hydrogen) atoms. The van der Waals surface area contributed by atoms with Crippen molar-refractivity contribution in [2.45, 2.75) is 32.1 Å². The summed E-state index contributed by atoms with van der Waals surface area (Å²) in [5, 5.41) is 8.25. The van der Waals surface area contributed by atoms with Crippen LogP contribution in [0.5, 0.6) is 0 Å². The molecule has 8 heteroatoms. The van der Waals surface area contributed by atoms with Crippen LogP contribution in [0.3, 0.4) is 0 Å². The van der Waals surface area contributed by atoms with Gasteiger partial charge in [-0.25, -0.2) is 0 Å². The fourth-order valence-electron chi connectivity index (χ4n) is 3.37. The molecule has 0 saturated carbocycles. The Morgan fingerprint density at radius 3 is 2.78 bits per heavy atom. The van der Waals surface area contributed by atoms with Crippen molar-refractivity contribution in [1.82, 2.24) is 29.8 Å². The number of hydrogen-bond acceptors (Lipinski definition) is 6. The first-order valence-corrected chi connectivity index (χ1v) is 9.12. The van der Waals surface area contributed by atoms with Crippen molar-refractivity contribution in [3.8, 4) is 11.5 Å². The normalized spacial score (nSPS) is 15.3. The van der Waals surface area contributed by atoms with Crippen molar-refractivity contribution in [1.29, 1.82) is 0 Å². The fourth-order valence-corrected chi connectivity index (χ4v) is 3.37. The molecular formula is C19H22N6O2. The predicted molar refractivity (Wildman–Crippen MR) is 97.7 cm³/mol. The molecule has 8 nitrogen and oxygen atoms in total. The van der Waals surface area contributed by atoms with Crippen LogP contribution in [-0.2, 0) is 18.3 Å². The highest BCUT2D eigenvalue weighted by Crippen LogP contribution is 2.28. The molecular weight excluding hydrogens is 344 g/mol. The Labute approximate surface area is 157 Å². The van der Waals surface area contributed by atoms with Gasteiger partial charge in [0.05, 0.1) is 12.6 Å². The van der Waals surface area contributed by atoms with Gasteiger partial charge in [0, 0.05) is 43.5 Å². The zero-order chi connectivity index (χ0) is 18.8. The first-order valence-electron chi connectivity index (χ1n) is 9.12. The van der Waals surface area contributed by atoms with Crippen molar-refractivity contribution in [2.75, 3.05) is 13.1 Å². The van der Waals surface area contributed by atoms with Crippen LogP contribution >= 0.6 is 0 Å². The Morgan fingerprint density at radius 2 is 2.11 bits per heavy atom. The van der Waals surface area contributed by atoms with Gasteiger partial charge in [0.2, 0.25) is 17.6 Å². The van der Waals surface area contributed by atoms with Crippen LogP contribution in [0.25, 0.3) is 11.5 Å². The van der Waals surface area contributed by atoms with E-state index in [1.54, 1.807) is 17.1 Å². The summed E-state index contributed by atoms with van der Waals surface area (Å²) in [5.74, 6) is 1.46. The van der Waals surface area contributed by atoms with Gasteiger partial charge in [0.15, 0.2) is 0 Å². The highest BCUT2D eigenvalue weighted by Gasteiger charge is 2.28. The maximum Gasteiger partial charge on any atom is 0.230 e. The lowest BCUT2D eigenvalue weighted by molar-refractivity contribution is -0.131. The summed E-state index contributed by atoms with van der Waals surface area (Å²) in [6.45, 7) is 3.38. The molecule has 0 radical (unpaired) electrons. The van der Waals surface area contributed by atoms with E-state index in [1.807, 2.05) is 37.1 Å². The van der Waals surface area contributed by atoms with Crippen molar-refractivity contribution < 1.29 is 9.32 Å². The van der Waals surface area contributed by atoms with E-state index in [0.717, 1.165) is 24.1 Å². The van der Waals surface area contributed by atoms with Crippen molar-refractivity contribution in [3.63, 3.8) is 0 Å². The van der Waals surface area contributed by atoms with Crippen LogP contribution in [0.15, 0.2) is 35.1 Å². The molecule has 1 fully saturated rings. The summed E-state index contributed by atoms with van der Waals surface area (Å²) in [6.07, 6.45) is 5.52. The van der Waals surface area contributed by atoms with Crippen LogP contribution in [0.1, 0.15) is 35.9 Å². The Kier molecular flexibility index (Phi) is 4.70. The van der Waals surface area contributed by atoms with Gasteiger partial charge in [-0.3, -0.25) is 14.5 Å². The van der Waals surface area contributed by atoms with Gasteiger partial charge < -0.3 is 9.42 Å². The summed E-state index contributed by atoms with van der Waals surface area (Å²) in [6, 6.07) is 5.60. The third-order valence-corrected chi connectivity index (χ3v) is 5.21. The number of carbonyl (C=O) groups excluding carboxylic acids is 1. The van der Waals surface area contributed by atoms with Gasteiger partial charge >= 0.3 is 0 Å². The number of piperidine rings is 1. The summed E-state index contributed by atoms with van der Waals surface area (Å²) in [4.78, 5) is 23.3. The van der Waals surface area contributed by atoms with E-state index in [2.05, 4.69) is 20.2 Å². The Balaban J connectivity index is 1.36. The Bertz CT molecular complexity index is 925. The lowest BCUT2D eigenvalue weighted by Gasteiger charge is -2.30. The second kappa shape index (κ2) is 7.30. The first-order chi connectivity index (χ1) is 13.1. The fraction of sp³-hybridized carbons (Fsp3) is 0.421. The van der Waals surface area contributed by atoms with E-state index in [-0.39, 0.29) is 11.8 Å². The maximum absolute atomic E-state index is 12.6. The van der Waals surface area contributed by atoms with Gasteiger partial charge in [0.1, 0.15) is 5.69 Å². The zero-order valence-corrected chi connectivity index (χ0v) is 15.5. The van der Waals surface area contributed by atoms with Crippen LogP contribution in [0.4, 0.5) is 0 Å². The number of carbonyl (C=O) groups is 1. The molecule has 1 aliphatic rings. The molecule has 0 spiro atoms. The largest absolute Gasteiger partial charge is 0.342 e. The molecule has 4 rings (SSSR count). The second-order valence-corrected chi connectivity index (χ2v) is 6.88. The molecule has 1 aliphatic heterocycles. The molecule has 4 heterocycles. The molecule has 140 valence electrons. The highest BCUT2D eigenvalue weighted by atomic mass is 16.5. The molecule has 3 aromatic heterocycles. The van der Waals surface area contributed by atoms with Gasteiger partial charge in [-0.15, -0.1) is 0 Å². The van der Waals surface area contributed by atoms with Gasteiger partial charge in [0.25, 0.3) is 0 Å². The number of pyridine rings is 1. The molecule has 3 aromatic rings. The second-order valence-electron chi connectivity index (χ2n) is 6.88. The number of aromatic nitrogens is 5. The van der Waals surface area contributed by atoms with Crippen LogP contribution < -0.4 is 0 Å². The third-order valence-electron chi connectivity index (χ3n) is 5.21. The smallest absolute Gasteiger partial charge is 0.230 e. The number of nitrogens with zero attached hydrogens (tertiary/aromatic N) is 6. The van der Waals surface area contributed by atoms with E-state index in [4.69, 9.17) is 4.52 Å². The molecule has 0 unspecified atom stereocenters. The highest BCUT2D eigenvalue weighted by molar-refractivity contribution is 5.79. The standard InChI is InChI=1S/C19H22N6O2/c1-13-15(12-21-24(13)2)11-17(26)25-9-6-14(7-10-25)19-22-18(23-27-19)16-5-3-4-8-20-16/h3-5,8,12,14H,6-7,9-11H2,1-2H3. The topological polar surface area (TPSA) is 89.9 Å².